The molecular weight excluding hydrogens is 532 g/mol. The van der Waals surface area contributed by atoms with Crippen molar-refractivity contribution in [3.63, 3.8) is 0 Å². The highest BCUT2D eigenvalue weighted by Gasteiger charge is 2.16. The molecule has 0 saturated carbocycles. The van der Waals surface area contributed by atoms with Crippen molar-refractivity contribution in [3.05, 3.63) is 59.5 Å². The number of pyridine rings is 3. The first kappa shape index (κ1) is 32.6. The number of nitrogens with one attached hydrogen (secondary N) is 3. The highest BCUT2D eigenvalue weighted by Crippen LogP contribution is 2.20. The van der Waals surface area contributed by atoms with Crippen LogP contribution in [0.15, 0.2) is 42.6 Å². The largest absolute Gasteiger partial charge is 0.444 e. The second-order valence-electron chi connectivity index (χ2n) is 12.3. The number of hydrogen-bond donors (Lipinski definition) is 3. The molecule has 4 rings (SSSR count). The van der Waals surface area contributed by atoms with Gasteiger partial charge in [-0.1, -0.05) is 6.07 Å². The van der Waals surface area contributed by atoms with Crippen LogP contribution in [0.2, 0.25) is 0 Å². The van der Waals surface area contributed by atoms with E-state index in [9.17, 15) is 9.59 Å². The fourth-order valence-electron chi connectivity index (χ4n) is 4.19. The van der Waals surface area contributed by atoms with E-state index >= 15 is 0 Å². The van der Waals surface area contributed by atoms with Gasteiger partial charge >= 0.3 is 12.2 Å². The van der Waals surface area contributed by atoms with Gasteiger partial charge in [0, 0.05) is 42.6 Å². The molecule has 1 aliphatic rings. The molecule has 0 aliphatic carbocycles. The third-order valence-electron chi connectivity index (χ3n) is 6.03. The zero-order valence-corrected chi connectivity index (χ0v) is 25.9. The van der Waals surface area contributed by atoms with Gasteiger partial charge in [-0.2, -0.15) is 0 Å². The van der Waals surface area contributed by atoms with E-state index in [1.54, 1.807) is 6.20 Å². The van der Waals surface area contributed by atoms with Gasteiger partial charge in [0.05, 0.1) is 0 Å². The second-order valence-corrected chi connectivity index (χ2v) is 12.3. The molecule has 42 heavy (non-hydrogen) atoms. The lowest BCUT2D eigenvalue weighted by Crippen LogP contribution is -2.33. The molecule has 4 heterocycles. The lowest BCUT2D eigenvalue weighted by atomic mass is 10.1. The maximum Gasteiger partial charge on any atom is 0.407 e. The Balaban J connectivity index is 0.000000230. The van der Waals surface area contributed by atoms with Gasteiger partial charge in [0.2, 0.25) is 0 Å². The van der Waals surface area contributed by atoms with E-state index in [-0.39, 0.29) is 12.2 Å². The normalized spacial score (nSPS) is 12.7. The molecule has 0 fully saturated rings. The number of rotatable bonds is 8. The minimum atomic E-state index is -0.463. The minimum Gasteiger partial charge on any atom is -0.444 e. The summed E-state index contributed by atoms with van der Waals surface area (Å²) in [6.45, 7) is 13.3. The van der Waals surface area contributed by atoms with Crippen molar-refractivity contribution in [2.75, 3.05) is 25.0 Å². The Hall–Kier alpha value is -3.95. The van der Waals surface area contributed by atoms with Gasteiger partial charge < -0.3 is 25.4 Å². The molecule has 0 unspecified atom stereocenters. The van der Waals surface area contributed by atoms with Crippen molar-refractivity contribution in [2.45, 2.75) is 91.3 Å². The van der Waals surface area contributed by atoms with Crippen LogP contribution in [0.5, 0.6) is 0 Å². The Kier molecular flexibility index (Phi) is 11.9. The van der Waals surface area contributed by atoms with Crippen molar-refractivity contribution < 1.29 is 19.1 Å². The zero-order chi connectivity index (χ0) is 30.6. The number of ether oxygens (including phenoxy) is 2. The van der Waals surface area contributed by atoms with E-state index in [1.807, 2.05) is 65.8 Å². The van der Waals surface area contributed by atoms with E-state index < -0.39 is 11.2 Å². The number of carbonyl (C=O) groups is 2. The summed E-state index contributed by atoms with van der Waals surface area (Å²) in [7, 11) is 0. The number of carbonyl (C=O) groups excluding carboxylic acids is 2. The molecule has 3 aromatic rings. The summed E-state index contributed by atoms with van der Waals surface area (Å²) in [4.78, 5) is 36.4. The molecule has 3 aromatic heterocycles. The van der Waals surface area contributed by atoms with Crippen LogP contribution in [-0.2, 0) is 28.7 Å². The van der Waals surface area contributed by atoms with E-state index in [2.05, 4.69) is 43.0 Å². The van der Waals surface area contributed by atoms with E-state index in [0.29, 0.717) is 13.1 Å². The number of fused-ring (bicyclic) bond motifs is 2. The Morgan fingerprint density at radius 2 is 1.43 bits per heavy atom. The summed E-state index contributed by atoms with van der Waals surface area (Å²) >= 11 is 0. The summed E-state index contributed by atoms with van der Waals surface area (Å²) in [5, 5.41) is 9.88. The first-order valence-electron chi connectivity index (χ1n) is 14.7. The first-order chi connectivity index (χ1) is 19.9. The lowest BCUT2D eigenvalue weighted by molar-refractivity contribution is 0.0515. The molecule has 0 saturated heterocycles. The molecule has 1 aliphatic heterocycles. The van der Waals surface area contributed by atoms with Crippen LogP contribution in [0.4, 0.5) is 15.4 Å². The highest BCUT2D eigenvalue weighted by molar-refractivity contribution is 5.74. The Labute approximate surface area is 249 Å². The molecule has 10 nitrogen and oxygen atoms in total. The van der Waals surface area contributed by atoms with Crippen LogP contribution in [-0.4, -0.2) is 58.0 Å². The van der Waals surface area contributed by atoms with Crippen molar-refractivity contribution in [1.82, 2.24) is 25.6 Å². The predicted octanol–water partition coefficient (Wildman–Crippen LogP) is 5.98. The van der Waals surface area contributed by atoms with Gasteiger partial charge in [0.15, 0.2) is 5.65 Å². The molecule has 0 spiro atoms. The number of hydrogen-bond acceptors (Lipinski definition) is 8. The van der Waals surface area contributed by atoms with E-state index in [4.69, 9.17) is 9.47 Å². The van der Waals surface area contributed by atoms with Crippen LogP contribution >= 0.6 is 0 Å². The Morgan fingerprint density at radius 3 is 2.05 bits per heavy atom. The van der Waals surface area contributed by atoms with Crippen LogP contribution < -0.4 is 16.0 Å². The molecule has 10 heteroatoms. The molecule has 0 aromatic carbocycles. The summed E-state index contributed by atoms with van der Waals surface area (Å²) in [5.41, 5.74) is 3.19. The molecular formula is C32H46N6O4. The maximum atomic E-state index is 11.5. The quantitative estimate of drug-likeness (QED) is 0.279. The fraction of sp³-hybridized carbons (Fsp3) is 0.531. The van der Waals surface area contributed by atoms with Gasteiger partial charge in [0.1, 0.15) is 17.0 Å². The SMILES string of the molecule is CC(C)(C)OC(=O)NCCCc1ccc2c(n1)NCCC2.CC(C)(C)OC(=O)NCCCc1ccc2cccnc2n1. The van der Waals surface area contributed by atoms with Crippen LogP contribution in [0.25, 0.3) is 11.0 Å². The van der Waals surface area contributed by atoms with Gasteiger partial charge in [-0.15, -0.1) is 0 Å². The molecule has 3 N–H and O–H groups in total. The minimum absolute atomic E-state index is 0.359. The van der Waals surface area contributed by atoms with Crippen molar-refractivity contribution in [2.24, 2.45) is 0 Å². The van der Waals surface area contributed by atoms with Crippen LogP contribution in [0.3, 0.4) is 0 Å². The second kappa shape index (κ2) is 15.3. The van der Waals surface area contributed by atoms with Crippen molar-refractivity contribution in [3.8, 4) is 0 Å². The summed E-state index contributed by atoms with van der Waals surface area (Å²) in [6, 6.07) is 12.1. The molecule has 0 bridgehead atoms. The van der Waals surface area contributed by atoms with Gasteiger partial charge in [-0.25, -0.2) is 24.5 Å². The standard InChI is InChI=1S/C16H25N3O2.C16H21N3O2/c2*1-16(2,3)21-15(20)18-11-5-7-13-9-8-12-6-4-10-17-14(12)19-13/h8-9H,4-7,10-11H2,1-3H3,(H,17,19)(H,18,20);4,6,8-10H,5,7,11H2,1-3H3,(H,18,20). The predicted molar refractivity (Wildman–Crippen MR) is 166 cm³/mol. The molecule has 228 valence electrons. The number of nitrogens with zero attached hydrogens (tertiary/aromatic N) is 3. The number of aryl methyl sites for hydroxylation is 3. The van der Waals surface area contributed by atoms with Crippen molar-refractivity contribution >= 4 is 29.0 Å². The topological polar surface area (TPSA) is 127 Å². The zero-order valence-electron chi connectivity index (χ0n) is 25.9. The monoisotopic (exact) mass is 578 g/mol. The lowest BCUT2D eigenvalue weighted by Gasteiger charge is -2.19. The van der Waals surface area contributed by atoms with Gasteiger partial charge in [-0.3, -0.25) is 0 Å². The third kappa shape index (κ3) is 12.3. The maximum absolute atomic E-state index is 11.5. The van der Waals surface area contributed by atoms with Gasteiger partial charge in [0.25, 0.3) is 0 Å². The third-order valence-corrected chi connectivity index (χ3v) is 6.03. The van der Waals surface area contributed by atoms with Gasteiger partial charge in [-0.05, 0) is 116 Å². The molecule has 2 amide bonds. The fourth-order valence-corrected chi connectivity index (χ4v) is 4.19. The number of alkyl carbamates (subject to hydrolysis) is 2. The number of aromatic nitrogens is 3. The summed E-state index contributed by atoms with van der Waals surface area (Å²) < 4.78 is 10.4. The van der Waals surface area contributed by atoms with E-state index in [0.717, 1.165) is 66.9 Å². The van der Waals surface area contributed by atoms with Crippen LogP contribution in [0.1, 0.15) is 77.8 Å². The van der Waals surface area contributed by atoms with Crippen molar-refractivity contribution in [1.29, 1.82) is 0 Å². The van der Waals surface area contributed by atoms with Crippen LogP contribution in [0, 0.1) is 0 Å². The average Bonchev–Trinajstić information content (AvgIpc) is 2.92. The highest BCUT2D eigenvalue weighted by atomic mass is 16.6. The summed E-state index contributed by atoms with van der Waals surface area (Å²) in [5.74, 6) is 1.03. The Bertz CT molecular complexity index is 1320. The number of amides is 2. The smallest absolute Gasteiger partial charge is 0.407 e. The Morgan fingerprint density at radius 1 is 0.833 bits per heavy atom. The first-order valence-corrected chi connectivity index (χ1v) is 14.7. The average molecular weight is 579 g/mol. The van der Waals surface area contributed by atoms with E-state index in [1.165, 1.54) is 12.0 Å². The molecule has 0 atom stereocenters. The summed E-state index contributed by atoms with van der Waals surface area (Å²) in [6.07, 6.45) is 6.59. The molecule has 0 radical (unpaired) electrons. The number of anilines is 1.